The van der Waals surface area contributed by atoms with Crippen molar-refractivity contribution in [1.29, 1.82) is 0 Å². The Bertz CT molecular complexity index is 709. The molecule has 28 heavy (non-hydrogen) atoms. The molecule has 0 N–H and O–H groups in total. The summed E-state index contributed by atoms with van der Waals surface area (Å²) in [5.41, 5.74) is 0.786. The van der Waals surface area contributed by atoms with Crippen LogP contribution in [0.4, 0.5) is 0 Å². The molecule has 1 aliphatic carbocycles. The summed E-state index contributed by atoms with van der Waals surface area (Å²) in [6, 6.07) is 0. The normalized spacial score (nSPS) is 26.4. The highest BCUT2D eigenvalue weighted by Gasteiger charge is 2.49. The van der Waals surface area contributed by atoms with Crippen molar-refractivity contribution in [1.82, 2.24) is 19.6 Å². The van der Waals surface area contributed by atoms with Gasteiger partial charge in [-0.15, -0.1) is 0 Å². The predicted octanol–water partition coefficient (Wildman–Crippen LogP) is 2.77. The fourth-order valence-electron chi connectivity index (χ4n) is 5.48. The number of hydrogen-bond acceptors (Lipinski definition) is 3. The summed E-state index contributed by atoms with van der Waals surface area (Å²) in [7, 11) is 1.89. The average Bonchev–Trinajstić information content (AvgIpc) is 3.32. The van der Waals surface area contributed by atoms with Crippen LogP contribution in [0, 0.1) is 11.3 Å². The molecule has 1 spiro atoms. The van der Waals surface area contributed by atoms with E-state index in [1.54, 1.807) is 4.68 Å². The van der Waals surface area contributed by atoms with Gasteiger partial charge in [0, 0.05) is 45.8 Å². The number of hydrogen-bond donors (Lipinski definition) is 0. The van der Waals surface area contributed by atoms with Crippen molar-refractivity contribution < 1.29 is 9.59 Å². The summed E-state index contributed by atoms with van der Waals surface area (Å²) in [6.45, 7) is 3.20. The maximum atomic E-state index is 13.4. The molecule has 0 unspecified atom stereocenters. The maximum absolute atomic E-state index is 13.4. The largest absolute Gasteiger partial charge is 0.342 e. The molecule has 1 atom stereocenters. The molecule has 1 aromatic heterocycles. The van der Waals surface area contributed by atoms with Gasteiger partial charge in [-0.2, -0.15) is 5.10 Å². The molecular weight excluding hydrogens is 352 g/mol. The van der Waals surface area contributed by atoms with Crippen LogP contribution in [0.5, 0.6) is 0 Å². The van der Waals surface area contributed by atoms with Gasteiger partial charge < -0.3 is 9.80 Å². The van der Waals surface area contributed by atoms with Gasteiger partial charge in [0.1, 0.15) is 0 Å². The Morgan fingerprint density at radius 2 is 2.00 bits per heavy atom. The zero-order chi connectivity index (χ0) is 19.6. The molecule has 6 nitrogen and oxygen atoms in total. The van der Waals surface area contributed by atoms with Crippen molar-refractivity contribution in [2.24, 2.45) is 18.4 Å². The monoisotopic (exact) mass is 386 g/mol. The van der Waals surface area contributed by atoms with Crippen LogP contribution in [0.3, 0.4) is 0 Å². The highest BCUT2D eigenvalue weighted by atomic mass is 16.2. The van der Waals surface area contributed by atoms with Crippen molar-refractivity contribution in [2.45, 2.75) is 64.2 Å². The SMILES string of the molecule is Cn1cc(CCC(=O)N2CC[C@]3(CCCN(CC4CCCCC4)C3=O)C2)cn1. The maximum Gasteiger partial charge on any atom is 0.230 e. The zero-order valence-corrected chi connectivity index (χ0v) is 17.2. The lowest BCUT2D eigenvalue weighted by Crippen LogP contribution is -2.51. The van der Waals surface area contributed by atoms with Gasteiger partial charge in [0.05, 0.1) is 11.6 Å². The molecule has 0 radical (unpaired) electrons. The van der Waals surface area contributed by atoms with Gasteiger partial charge in [0.2, 0.25) is 11.8 Å². The molecule has 3 aliphatic rings. The minimum atomic E-state index is -0.309. The van der Waals surface area contributed by atoms with E-state index in [2.05, 4.69) is 10.00 Å². The molecule has 6 heteroatoms. The number of amides is 2. The smallest absolute Gasteiger partial charge is 0.230 e. The quantitative estimate of drug-likeness (QED) is 0.782. The fourth-order valence-corrected chi connectivity index (χ4v) is 5.48. The topological polar surface area (TPSA) is 58.4 Å². The number of aromatic nitrogens is 2. The molecule has 2 saturated heterocycles. The number of nitrogens with zero attached hydrogens (tertiary/aromatic N) is 4. The molecule has 3 heterocycles. The predicted molar refractivity (Wildman–Crippen MR) is 108 cm³/mol. The Labute approximate surface area is 168 Å². The lowest BCUT2D eigenvalue weighted by Gasteiger charge is -2.41. The number of carbonyl (C=O) groups is 2. The molecule has 0 aromatic carbocycles. The lowest BCUT2D eigenvalue weighted by atomic mass is 9.77. The van der Waals surface area contributed by atoms with Gasteiger partial charge in [-0.05, 0) is 50.0 Å². The van der Waals surface area contributed by atoms with E-state index in [1.165, 1.54) is 32.1 Å². The Morgan fingerprint density at radius 1 is 1.18 bits per heavy atom. The van der Waals surface area contributed by atoms with Gasteiger partial charge in [0.15, 0.2) is 0 Å². The van der Waals surface area contributed by atoms with Gasteiger partial charge in [-0.25, -0.2) is 0 Å². The first-order valence-electron chi connectivity index (χ1n) is 11.1. The number of aryl methyl sites for hydroxylation is 2. The molecule has 0 bridgehead atoms. The van der Waals surface area contributed by atoms with Crippen molar-refractivity contribution in [3.8, 4) is 0 Å². The Balaban J connectivity index is 1.33. The van der Waals surface area contributed by atoms with Crippen molar-refractivity contribution >= 4 is 11.8 Å². The second-order valence-electron chi connectivity index (χ2n) is 9.23. The van der Waals surface area contributed by atoms with E-state index in [-0.39, 0.29) is 11.3 Å². The molecule has 1 aromatic rings. The standard InChI is InChI=1S/C22H34N4O2/c1-24-15-19(14-23-24)8-9-20(27)26-13-11-22(17-26)10-5-12-25(21(22)28)16-18-6-3-2-4-7-18/h14-15,18H,2-13,16-17H2,1H3/t22-/m1/s1. The van der Waals surface area contributed by atoms with Crippen molar-refractivity contribution in [2.75, 3.05) is 26.2 Å². The van der Waals surface area contributed by atoms with Crippen LogP contribution < -0.4 is 0 Å². The number of carbonyl (C=O) groups excluding carboxylic acids is 2. The lowest BCUT2D eigenvalue weighted by molar-refractivity contribution is -0.147. The molecule has 154 valence electrons. The van der Waals surface area contributed by atoms with Crippen molar-refractivity contribution in [3.63, 3.8) is 0 Å². The summed E-state index contributed by atoms with van der Waals surface area (Å²) in [5, 5.41) is 4.17. The molecular formula is C22H34N4O2. The molecule has 1 saturated carbocycles. The molecule has 4 rings (SSSR count). The van der Waals surface area contributed by atoms with Crippen LogP contribution in [0.1, 0.15) is 63.4 Å². The Morgan fingerprint density at radius 3 is 2.75 bits per heavy atom. The summed E-state index contributed by atoms with van der Waals surface area (Å²) >= 11 is 0. The second-order valence-corrected chi connectivity index (χ2v) is 9.23. The summed E-state index contributed by atoms with van der Waals surface area (Å²) in [5.74, 6) is 1.19. The summed E-state index contributed by atoms with van der Waals surface area (Å²) in [4.78, 5) is 30.2. The molecule has 3 fully saturated rings. The minimum Gasteiger partial charge on any atom is -0.342 e. The van der Waals surface area contributed by atoms with Crippen LogP contribution in [0.15, 0.2) is 12.4 Å². The fraction of sp³-hybridized carbons (Fsp3) is 0.773. The summed E-state index contributed by atoms with van der Waals surface area (Å²) in [6.07, 6.45) is 14.4. The van der Waals surface area contributed by atoms with Crippen LogP contribution in [-0.2, 0) is 23.1 Å². The average molecular weight is 387 g/mol. The number of likely N-dealkylation sites (tertiary alicyclic amines) is 2. The number of rotatable bonds is 5. The first-order valence-corrected chi connectivity index (χ1v) is 11.1. The first kappa shape index (κ1) is 19.5. The van der Waals surface area contributed by atoms with E-state index >= 15 is 0 Å². The Kier molecular flexibility index (Phi) is 5.74. The molecule has 2 aliphatic heterocycles. The first-order chi connectivity index (χ1) is 13.6. The molecule has 2 amide bonds. The van der Waals surface area contributed by atoms with E-state index in [4.69, 9.17) is 0 Å². The zero-order valence-electron chi connectivity index (χ0n) is 17.2. The van der Waals surface area contributed by atoms with Crippen molar-refractivity contribution in [3.05, 3.63) is 18.0 Å². The second kappa shape index (κ2) is 8.26. The van der Waals surface area contributed by atoms with E-state index in [1.807, 2.05) is 24.3 Å². The van der Waals surface area contributed by atoms with E-state index < -0.39 is 0 Å². The third kappa shape index (κ3) is 4.11. The van der Waals surface area contributed by atoms with E-state index in [0.29, 0.717) is 24.8 Å². The van der Waals surface area contributed by atoms with Gasteiger partial charge in [-0.3, -0.25) is 14.3 Å². The minimum absolute atomic E-state index is 0.179. The summed E-state index contributed by atoms with van der Waals surface area (Å²) < 4.78 is 1.77. The van der Waals surface area contributed by atoms with Crippen LogP contribution in [0.2, 0.25) is 0 Å². The van der Waals surface area contributed by atoms with Crippen LogP contribution >= 0.6 is 0 Å². The third-order valence-corrected chi connectivity index (χ3v) is 7.12. The van der Waals surface area contributed by atoms with E-state index in [9.17, 15) is 9.59 Å². The van der Waals surface area contributed by atoms with Crippen LogP contribution in [0.25, 0.3) is 0 Å². The van der Waals surface area contributed by atoms with E-state index in [0.717, 1.165) is 50.9 Å². The Hall–Kier alpha value is -1.85. The number of piperidine rings is 1. The van der Waals surface area contributed by atoms with Gasteiger partial charge in [-0.1, -0.05) is 19.3 Å². The highest BCUT2D eigenvalue weighted by Crippen LogP contribution is 2.41. The van der Waals surface area contributed by atoms with Gasteiger partial charge >= 0.3 is 0 Å². The van der Waals surface area contributed by atoms with Crippen LogP contribution in [-0.4, -0.2) is 57.6 Å². The third-order valence-electron chi connectivity index (χ3n) is 7.12. The van der Waals surface area contributed by atoms with Gasteiger partial charge in [0.25, 0.3) is 0 Å². The highest BCUT2D eigenvalue weighted by molar-refractivity contribution is 5.86.